The molecule has 0 aromatic heterocycles. The molecule has 6 unspecified atom stereocenters. The Balaban J connectivity index is 1.67. The highest BCUT2D eigenvalue weighted by Crippen LogP contribution is 2.72. The van der Waals surface area contributed by atoms with Gasteiger partial charge in [0.1, 0.15) is 0 Å². The van der Waals surface area contributed by atoms with Crippen LogP contribution in [0.4, 0.5) is 0 Å². The number of aliphatic hydroxyl groups is 2. The summed E-state index contributed by atoms with van der Waals surface area (Å²) in [5.74, 6) is 1.53. The Kier molecular flexibility index (Phi) is 6.11. The lowest BCUT2D eigenvalue weighted by atomic mass is 9.43. The molecule has 2 heteroatoms. The van der Waals surface area contributed by atoms with Crippen LogP contribution in [0.5, 0.6) is 0 Å². The third-order valence-corrected chi connectivity index (χ3v) is 11.8. The van der Waals surface area contributed by atoms with E-state index in [-0.39, 0.29) is 33.9 Å². The minimum absolute atomic E-state index is 0.00888. The molecular weight excluding hydrogens is 392 g/mol. The molecule has 182 valence electrons. The molecule has 0 spiro atoms. The van der Waals surface area contributed by atoms with Crippen molar-refractivity contribution in [2.75, 3.05) is 0 Å². The third kappa shape index (κ3) is 3.33. The zero-order valence-corrected chi connectivity index (χ0v) is 22.2. The number of aliphatic hydroxyl groups excluding tert-OH is 2. The SMILES string of the molecule is CC(C)=CC[C@@H](O)[C@@H](C)C1CCC2(C)C3=C(CCC12C)C1(C)CCC(O)C(C)(C)C1CC3. The summed E-state index contributed by atoms with van der Waals surface area (Å²) in [5.41, 5.74) is 5.70. The Bertz CT molecular complexity index is 802. The van der Waals surface area contributed by atoms with Crippen LogP contribution in [0.3, 0.4) is 0 Å². The van der Waals surface area contributed by atoms with Gasteiger partial charge in [0.05, 0.1) is 12.2 Å². The summed E-state index contributed by atoms with van der Waals surface area (Å²) in [5, 5.41) is 21.9. The van der Waals surface area contributed by atoms with Gasteiger partial charge >= 0.3 is 0 Å². The molecule has 4 aliphatic rings. The Hall–Kier alpha value is -0.600. The number of rotatable bonds is 4. The van der Waals surface area contributed by atoms with Gasteiger partial charge in [-0.15, -0.1) is 0 Å². The lowest BCUT2D eigenvalue weighted by molar-refractivity contribution is -0.0969. The summed E-state index contributed by atoms with van der Waals surface area (Å²) in [6.45, 7) is 18.9. The average molecular weight is 443 g/mol. The van der Waals surface area contributed by atoms with E-state index in [0.717, 1.165) is 19.3 Å². The molecule has 0 saturated heterocycles. The van der Waals surface area contributed by atoms with E-state index >= 15 is 0 Å². The molecule has 0 amide bonds. The lowest BCUT2D eigenvalue weighted by Crippen LogP contribution is -2.55. The molecule has 2 nitrogen and oxygen atoms in total. The van der Waals surface area contributed by atoms with Crippen LogP contribution in [-0.4, -0.2) is 22.4 Å². The summed E-state index contributed by atoms with van der Waals surface area (Å²) in [6, 6.07) is 0. The first-order valence-electron chi connectivity index (χ1n) is 13.5. The summed E-state index contributed by atoms with van der Waals surface area (Å²) in [7, 11) is 0. The molecule has 32 heavy (non-hydrogen) atoms. The topological polar surface area (TPSA) is 40.5 Å². The van der Waals surface area contributed by atoms with E-state index < -0.39 is 0 Å². The summed E-state index contributed by atoms with van der Waals surface area (Å²) in [6.07, 6.45) is 12.2. The summed E-state index contributed by atoms with van der Waals surface area (Å²) >= 11 is 0. The normalized spacial score (nSPS) is 44.9. The molecule has 2 fully saturated rings. The van der Waals surface area contributed by atoms with Crippen molar-refractivity contribution in [1.29, 1.82) is 0 Å². The quantitative estimate of drug-likeness (QED) is 0.444. The maximum Gasteiger partial charge on any atom is 0.0603 e. The first-order chi connectivity index (χ1) is 14.8. The zero-order valence-electron chi connectivity index (χ0n) is 22.2. The predicted molar refractivity (Wildman–Crippen MR) is 134 cm³/mol. The van der Waals surface area contributed by atoms with Crippen LogP contribution in [0.2, 0.25) is 0 Å². The van der Waals surface area contributed by atoms with Gasteiger partial charge in [0.2, 0.25) is 0 Å². The highest BCUT2D eigenvalue weighted by molar-refractivity contribution is 5.38. The predicted octanol–water partition coefficient (Wildman–Crippen LogP) is 7.45. The first-order valence-corrected chi connectivity index (χ1v) is 13.5. The van der Waals surface area contributed by atoms with E-state index in [1.54, 1.807) is 11.1 Å². The van der Waals surface area contributed by atoms with Gasteiger partial charge in [0.25, 0.3) is 0 Å². The molecule has 0 bridgehead atoms. The van der Waals surface area contributed by atoms with Gasteiger partial charge in [-0.1, -0.05) is 64.3 Å². The second-order valence-corrected chi connectivity index (χ2v) is 13.7. The van der Waals surface area contributed by atoms with E-state index in [1.165, 1.54) is 44.1 Å². The second kappa shape index (κ2) is 7.98. The molecule has 0 aromatic carbocycles. The van der Waals surface area contributed by atoms with Crippen molar-refractivity contribution in [3.63, 3.8) is 0 Å². The van der Waals surface area contributed by atoms with E-state index in [0.29, 0.717) is 17.8 Å². The highest BCUT2D eigenvalue weighted by Gasteiger charge is 2.63. The van der Waals surface area contributed by atoms with Gasteiger partial charge in [-0.2, -0.15) is 0 Å². The van der Waals surface area contributed by atoms with E-state index in [4.69, 9.17) is 0 Å². The van der Waals surface area contributed by atoms with Gasteiger partial charge in [0, 0.05) is 0 Å². The van der Waals surface area contributed by atoms with E-state index in [2.05, 4.69) is 61.5 Å². The molecule has 0 aromatic rings. The minimum atomic E-state index is -0.238. The van der Waals surface area contributed by atoms with E-state index in [9.17, 15) is 10.2 Å². The largest absolute Gasteiger partial charge is 0.393 e. The van der Waals surface area contributed by atoms with Crippen LogP contribution in [0.1, 0.15) is 113 Å². The molecule has 2 N–H and O–H groups in total. The molecule has 0 heterocycles. The number of fused-ring (bicyclic) bond motifs is 4. The number of allylic oxidation sites excluding steroid dienone is 3. The number of hydrogen-bond acceptors (Lipinski definition) is 2. The number of hydrogen-bond donors (Lipinski definition) is 2. The molecule has 2 saturated carbocycles. The van der Waals surface area contributed by atoms with Crippen LogP contribution in [0.15, 0.2) is 22.8 Å². The fraction of sp³-hybridized carbons (Fsp3) is 0.867. The van der Waals surface area contributed by atoms with Gasteiger partial charge < -0.3 is 10.2 Å². The van der Waals surface area contributed by atoms with Crippen molar-refractivity contribution < 1.29 is 10.2 Å². The Morgan fingerprint density at radius 2 is 1.66 bits per heavy atom. The molecule has 0 radical (unpaired) electrons. The Labute approximate surface area is 198 Å². The van der Waals surface area contributed by atoms with Crippen LogP contribution >= 0.6 is 0 Å². The molecule has 0 aliphatic heterocycles. The minimum Gasteiger partial charge on any atom is -0.393 e. The van der Waals surface area contributed by atoms with Crippen LogP contribution in [0, 0.1) is 39.4 Å². The van der Waals surface area contributed by atoms with Crippen molar-refractivity contribution in [1.82, 2.24) is 0 Å². The average Bonchev–Trinajstić information content (AvgIpc) is 3.00. The fourth-order valence-corrected chi connectivity index (χ4v) is 9.40. The molecule has 4 rings (SSSR count). The van der Waals surface area contributed by atoms with Crippen molar-refractivity contribution in [3.8, 4) is 0 Å². The molecule has 4 aliphatic carbocycles. The maximum absolute atomic E-state index is 11.0. The maximum atomic E-state index is 11.0. The van der Waals surface area contributed by atoms with Crippen molar-refractivity contribution in [3.05, 3.63) is 22.8 Å². The van der Waals surface area contributed by atoms with Crippen LogP contribution < -0.4 is 0 Å². The zero-order chi connectivity index (χ0) is 23.7. The van der Waals surface area contributed by atoms with Crippen molar-refractivity contribution in [2.45, 2.75) is 125 Å². The first kappa shape index (κ1) is 24.5. The molecule has 8 atom stereocenters. The second-order valence-electron chi connectivity index (χ2n) is 13.7. The lowest BCUT2D eigenvalue weighted by Gasteiger charge is -2.62. The summed E-state index contributed by atoms with van der Waals surface area (Å²) < 4.78 is 0. The fourth-order valence-electron chi connectivity index (χ4n) is 9.40. The van der Waals surface area contributed by atoms with Gasteiger partial charge in [-0.3, -0.25) is 0 Å². The summed E-state index contributed by atoms with van der Waals surface area (Å²) in [4.78, 5) is 0. The smallest absolute Gasteiger partial charge is 0.0603 e. The highest BCUT2D eigenvalue weighted by atomic mass is 16.3. The molecular formula is C30H50O2. The Morgan fingerprint density at radius 1 is 0.969 bits per heavy atom. The van der Waals surface area contributed by atoms with Gasteiger partial charge in [-0.25, -0.2) is 0 Å². The van der Waals surface area contributed by atoms with Crippen LogP contribution in [-0.2, 0) is 0 Å². The standard InChI is InChI=1S/C30H50O2/c1-19(2)9-11-24(31)20(3)21-13-17-30(8)23-10-12-25-27(4,5)26(32)15-16-28(25,6)22(23)14-18-29(21,30)7/h9,20-21,24-26,31-32H,10-18H2,1-8H3/t20-,21?,24+,25?,26?,28?,29?,30?/m0/s1. The van der Waals surface area contributed by atoms with Crippen LogP contribution in [0.25, 0.3) is 0 Å². The van der Waals surface area contributed by atoms with Crippen molar-refractivity contribution in [2.24, 2.45) is 39.4 Å². The monoisotopic (exact) mass is 442 g/mol. The van der Waals surface area contributed by atoms with Gasteiger partial charge in [-0.05, 0) is 111 Å². The third-order valence-electron chi connectivity index (χ3n) is 11.8. The Morgan fingerprint density at radius 3 is 2.31 bits per heavy atom. The van der Waals surface area contributed by atoms with Gasteiger partial charge in [0.15, 0.2) is 0 Å². The van der Waals surface area contributed by atoms with Crippen molar-refractivity contribution >= 4 is 0 Å². The van der Waals surface area contributed by atoms with E-state index in [1.807, 2.05) is 0 Å².